The predicted octanol–water partition coefficient (Wildman–Crippen LogP) is 3.72. The van der Waals surface area contributed by atoms with Gasteiger partial charge in [-0.05, 0) is 31.0 Å². The molecule has 0 aliphatic carbocycles. The summed E-state index contributed by atoms with van der Waals surface area (Å²) in [5, 5.41) is 0. The monoisotopic (exact) mass is 279 g/mol. The van der Waals surface area contributed by atoms with E-state index in [1.165, 1.54) is 0 Å². The largest absolute Gasteiger partial charge is 0.475 e. The van der Waals surface area contributed by atoms with Crippen LogP contribution in [-0.2, 0) is 4.74 Å². The van der Waals surface area contributed by atoms with Gasteiger partial charge >= 0.3 is 0 Å². The van der Waals surface area contributed by atoms with Crippen molar-refractivity contribution in [2.75, 3.05) is 6.61 Å². The van der Waals surface area contributed by atoms with E-state index in [0.717, 1.165) is 23.0 Å². The third-order valence-electron chi connectivity index (χ3n) is 3.50. The van der Waals surface area contributed by atoms with E-state index in [4.69, 9.17) is 4.74 Å². The second-order valence-corrected chi connectivity index (χ2v) is 5.77. The van der Waals surface area contributed by atoms with Crippen molar-refractivity contribution in [1.29, 1.82) is 0 Å². The van der Waals surface area contributed by atoms with Crippen LogP contribution in [0.4, 0.5) is 0 Å². The van der Waals surface area contributed by atoms with Crippen LogP contribution in [-0.4, -0.2) is 24.3 Å². The first-order valence-electron chi connectivity index (χ1n) is 6.97. The zero-order valence-electron chi connectivity index (χ0n) is 12.2. The van der Waals surface area contributed by atoms with E-state index < -0.39 is 0 Å². The maximum absolute atomic E-state index is 11.3. The number of carbonyl (C=O) groups is 1. The Bertz CT molecular complexity index is 717. The lowest BCUT2D eigenvalue weighted by Gasteiger charge is -2.11. The Morgan fingerprint density at radius 1 is 1.00 bits per heavy atom. The Morgan fingerprint density at radius 2 is 1.62 bits per heavy atom. The molecule has 1 aliphatic heterocycles. The minimum absolute atomic E-state index is 0.202. The van der Waals surface area contributed by atoms with Gasteiger partial charge < -0.3 is 4.74 Å². The predicted molar refractivity (Wildman–Crippen MR) is 83.8 cm³/mol. The van der Waals surface area contributed by atoms with E-state index in [1.807, 2.05) is 62.4 Å². The number of hydrogen-bond acceptors (Lipinski definition) is 3. The zero-order chi connectivity index (χ0) is 14.9. The Balaban J connectivity index is 2.15. The van der Waals surface area contributed by atoms with Gasteiger partial charge in [-0.1, -0.05) is 42.5 Å². The Morgan fingerprint density at radius 3 is 2.24 bits per heavy atom. The van der Waals surface area contributed by atoms with Crippen LogP contribution in [0.3, 0.4) is 0 Å². The first-order valence-corrected chi connectivity index (χ1v) is 6.97. The van der Waals surface area contributed by atoms with E-state index in [2.05, 4.69) is 4.99 Å². The van der Waals surface area contributed by atoms with Crippen LogP contribution in [0, 0.1) is 0 Å². The highest BCUT2D eigenvalue weighted by molar-refractivity contribution is 6.03. The average molecular weight is 279 g/mol. The summed E-state index contributed by atoms with van der Waals surface area (Å²) >= 11 is 0. The van der Waals surface area contributed by atoms with E-state index in [-0.39, 0.29) is 5.54 Å². The first-order chi connectivity index (χ1) is 10.1. The fourth-order valence-corrected chi connectivity index (χ4v) is 2.47. The molecule has 0 N–H and O–H groups in total. The summed E-state index contributed by atoms with van der Waals surface area (Å²) in [6.45, 7) is 4.66. The van der Waals surface area contributed by atoms with E-state index in [1.54, 1.807) is 0 Å². The van der Waals surface area contributed by atoms with Gasteiger partial charge in [0.05, 0.1) is 5.54 Å². The van der Waals surface area contributed by atoms with Crippen LogP contribution in [0.2, 0.25) is 0 Å². The molecule has 106 valence electrons. The topological polar surface area (TPSA) is 38.7 Å². The first kappa shape index (κ1) is 13.6. The second-order valence-electron chi connectivity index (χ2n) is 5.77. The minimum Gasteiger partial charge on any atom is -0.475 e. The van der Waals surface area contributed by atoms with Crippen molar-refractivity contribution in [1.82, 2.24) is 0 Å². The molecule has 3 nitrogen and oxygen atoms in total. The summed E-state index contributed by atoms with van der Waals surface area (Å²) in [6.07, 6.45) is 0.882. The van der Waals surface area contributed by atoms with Crippen LogP contribution in [0.1, 0.15) is 29.8 Å². The number of nitrogens with zero attached hydrogens (tertiary/aromatic N) is 1. The van der Waals surface area contributed by atoms with E-state index >= 15 is 0 Å². The number of aldehydes is 1. The van der Waals surface area contributed by atoms with Gasteiger partial charge in [0.15, 0.2) is 6.29 Å². The molecule has 0 radical (unpaired) electrons. The van der Waals surface area contributed by atoms with Crippen molar-refractivity contribution < 1.29 is 9.53 Å². The highest BCUT2D eigenvalue weighted by Gasteiger charge is 2.28. The number of ether oxygens (including phenoxy) is 1. The van der Waals surface area contributed by atoms with Crippen molar-refractivity contribution in [2.45, 2.75) is 19.4 Å². The molecule has 0 spiro atoms. The van der Waals surface area contributed by atoms with Gasteiger partial charge in [-0.2, -0.15) is 0 Å². The van der Waals surface area contributed by atoms with Gasteiger partial charge in [-0.15, -0.1) is 0 Å². The lowest BCUT2D eigenvalue weighted by Crippen LogP contribution is -2.17. The van der Waals surface area contributed by atoms with Crippen molar-refractivity contribution >= 4 is 12.2 Å². The molecule has 3 heteroatoms. The molecule has 0 saturated heterocycles. The summed E-state index contributed by atoms with van der Waals surface area (Å²) in [6, 6.07) is 15.5. The number of rotatable bonds is 3. The Kier molecular flexibility index (Phi) is 3.34. The second kappa shape index (κ2) is 5.17. The quantitative estimate of drug-likeness (QED) is 0.803. The highest BCUT2D eigenvalue weighted by Crippen LogP contribution is 2.30. The van der Waals surface area contributed by atoms with Gasteiger partial charge in [-0.3, -0.25) is 4.79 Å². The fourth-order valence-electron chi connectivity index (χ4n) is 2.47. The summed E-state index contributed by atoms with van der Waals surface area (Å²) in [4.78, 5) is 15.9. The molecular weight excluding hydrogens is 262 g/mol. The van der Waals surface area contributed by atoms with Crippen molar-refractivity contribution in [2.24, 2.45) is 4.99 Å². The molecule has 1 heterocycles. The number of aliphatic imine (C=N–C) groups is 1. The van der Waals surface area contributed by atoms with Gasteiger partial charge in [0.1, 0.15) is 6.61 Å². The summed E-state index contributed by atoms with van der Waals surface area (Å²) in [5.74, 6) is 0.649. The van der Waals surface area contributed by atoms with Crippen LogP contribution in [0.25, 0.3) is 11.1 Å². The van der Waals surface area contributed by atoms with Crippen molar-refractivity contribution in [3.8, 4) is 11.1 Å². The molecule has 0 saturated carbocycles. The van der Waals surface area contributed by atoms with E-state index in [9.17, 15) is 4.79 Å². The van der Waals surface area contributed by atoms with Crippen molar-refractivity contribution in [3.63, 3.8) is 0 Å². The van der Waals surface area contributed by atoms with Gasteiger partial charge in [0, 0.05) is 11.1 Å². The molecule has 0 fully saturated rings. The van der Waals surface area contributed by atoms with E-state index in [0.29, 0.717) is 18.1 Å². The summed E-state index contributed by atoms with van der Waals surface area (Å²) < 4.78 is 5.75. The Labute approximate surface area is 124 Å². The zero-order valence-corrected chi connectivity index (χ0v) is 12.2. The average Bonchev–Trinajstić information content (AvgIpc) is 2.87. The molecule has 1 aliphatic rings. The molecule has 0 unspecified atom stereocenters. The SMILES string of the molecule is CC1(C)COC(c2ccccc2-c2ccccc2C=O)=N1. The van der Waals surface area contributed by atoms with Crippen LogP contribution in [0.15, 0.2) is 53.5 Å². The van der Waals surface area contributed by atoms with Gasteiger partial charge in [-0.25, -0.2) is 4.99 Å². The normalized spacial score (nSPS) is 16.2. The van der Waals surface area contributed by atoms with Crippen LogP contribution < -0.4 is 0 Å². The lowest BCUT2D eigenvalue weighted by atomic mass is 9.96. The molecule has 0 atom stereocenters. The molecule has 0 bridgehead atoms. The molecular formula is C18H17NO2. The third kappa shape index (κ3) is 2.59. The highest BCUT2D eigenvalue weighted by atomic mass is 16.5. The van der Waals surface area contributed by atoms with Crippen molar-refractivity contribution in [3.05, 3.63) is 59.7 Å². The summed E-state index contributed by atoms with van der Waals surface area (Å²) in [5.41, 5.74) is 3.27. The third-order valence-corrected chi connectivity index (χ3v) is 3.50. The standard InChI is InChI=1S/C18H17NO2/c1-18(2)12-21-17(19-18)16-10-6-5-9-15(16)14-8-4-3-7-13(14)11-20/h3-11H,12H2,1-2H3. The molecule has 2 aromatic carbocycles. The molecule has 0 amide bonds. The lowest BCUT2D eigenvalue weighted by molar-refractivity contribution is 0.112. The molecule has 2 aromatic rings. The molecule has 3 rings (SSSR count). The smallest absolute Gasteiger partial charge is 0.217 e. The number of benzene rings is 2. The van der Waals surface area contributed by atoms with Crippen LogP contribution >= 0.6 is 0 Å². The summed E-state index contributed by atoms with van der Waals surface area (Å²) in [7, 11) is 0. The molecule has 0 aromatic heterocycles. The number of carbonyl (C=O) groups excluding carboxylic acids is 1. The van der Waals surface area contributed by atoms with Gasteiger partial charge in [0.25, 0.3) is 0 Å². The minimum atomic E-state index is -0.202. The number of hydrogen-bond donors (Lipinski definition) is 0. The van der Waals surface area contributed by atoms with Crippen LogP contribution in [0.5, 0.6) is 0 Å². The van der Waals surface area contributed by atoms with Gasteiger partial charge in [0.2, 0.25) is 5.90 Å². The Hall–Kier alpha value is -2.42. The fraction of sp³-hybridized carbons (Fsp3) is 0.222. The maximum atomic E-state index is 11.3. The molecule has 21 heavy (non-hydrogen) atoms. The maximum Gasteiger partial charge on any atom is 0.217 e.